The number of nitrogens with zero attached hydrogens (tertiary/aromatic N) is 1. The molecule has 2 aromatic carbocycles. The molecule has 148 valence electrons. The zero-order chi connectivity index (χ0) is 19.9. The van der Waals surface area contributed by atoms with Gasteiger partial charge in [0.15, 0.2) is 0 Å². The molecule has 1 saturated heterocycles. The molecule has 3 rings (SSSR count). The number of anilines is 1. The molecule has 0 radical (unpaired) electrons. The van der Waals surface area contributed by atoms with Crippen LogP contribution in [-0.2, 0) is 4.79 Å². The summed E-state index contributed by atoms with van der Waals surface area (Å²) in [6.07, 6.45) is 1.64. The van der Waals surface area contributed by atoms with Crippen molar-refractivity contribution in [2.24, 2.45) is 11.8 Å². The number of para-hydroxylation sites is 1. The van der Waals surface area contributed by atoms with Crippen molar-refractivity contribution in [2.45, 2.75) is 32.7 Å². The number of carbonyl (C=O) groups is 2. The van der Waals surface area contributed by atoms with Crippen LogP contribution < -0.4 is 10.6 Å². The molecule has 0 aromatic heterocycles. The van der Waals surface area contributed by atoms with Crippen LogP contribution >= 0.6 is 0 Å². The number of nitrogens with one attached hydrogen (secondary N) is 2. The lowest BCUT2D eigenvalue weighted by Gasteiger charge is -2.33. The Labute approximate surface area is 167 Å². The van der Waals surface area contributed by atoms with Crippen LogP contribution in [0.1, 0.15) is 38.3 Å². The van der Waals surface area contributed by atoms with E-state index in [1.54, 1.807) is 4.90 Å². The van der Waals surface area contributed by atoms with Gasteiger partial charge in [-0.3, -0.25) is 4.79 Å². The summed E-state index contributed by atoms with van der Waals surface area (Å²) < 4.78 is 0. The highest BCUT2D eigenvalue weighted by atomic mass is 16.2. The first-order chi connectivity index (χ1) is 13.5. The molecule has 1 heterocycles. The molecule has 28 heavy (non-hydrogen) atoms. The summed E-state index contributed by atoms with van der Waals surface area (Å²) in [4.78, 5) is 27.3. The molecular weight excluding hydrogens is 350 g/mol. The standard InChI is InChI=1S/C23H29N3O2/c1-17(2)21(18-10-5-3-6-11-18)25-22(27)19-12-9-15-26(16-19)23(28)24-20-13-7-4-8-14-20/h3-8,10-11,13-14,17,19,21H,9,12,15-16H2,1-2H3,(H,24,28)(H,25,27). The quantitative estimate of drug-likeness (QED) is 0.806. The summed E-state index contributed by atoms with van der Waals surface area (Å²) in [5.41, 5.74) is 1.88. The van der Waals surface area contributed by atoms with Gasteiger partial charge in [-0.05, 0) is 36.5 Å². The highest BCUT2D eigenvalue weighted by Crippen LogP contribution is 2.24. The molecule has 0 bridgehead atoms. The van der Waals surface area contributed by atoms with Gasteiger partial charge in [0.1, 0.15) is 0 Å². The third kappa shape index (κ3) is 5.12. The zero-order valence-electron chi connectivity index (χ0n) is 16.6. The molecule has 1 aliphatic heterocycles. The molecule has 1 aliphatic rings. The SMILES string of the molecule is CC(C)C(NC(=O)C1CCCN(C(=O)Nc2ccccc2)C1)c1ccccc1. The normalized spacial score (nSPS) is 17.8. The maximum Gasteiger partial charge on any atom is 0.321 e. The zero-order valence-corrected chi connectivity index (χ0v) is 16.6. The molecule has 1 fully saturated rings. The Morgan fingerprint density at radius 3 is 2.29 bits per heavy atom. The third-order valence-electron chi connectivity index (χ3n) is 5.23. The average molecular weight is 380 g/mol. The second kappa shape index (κ2) is 9.40. The van der Waals surface area contributed by atoms with Crippen LogP contribution in [-0.4, -0.2) is 29.9 Å². The third-order valence-corrected chi connectivity index (χ3v) is 5.23. The summed E-state index contributed by atoms with van der Waals surface area (Å²) in [7, 11) is 0. The topological polar surface area (TPSA) is 61.4 Å². The van der Waals surface area contributed by atoms with Gasteiger partial charge in [0.2, 0.25) is 5.91 Å². The van der Waals surface area contributed by atoms with Crippen LogP contribution in [0.3, 0.4) is 0 Å². The molecule has 0 spiro atoms. The van der Waals surface area contributed by atoms with Gasteiger partial charge in [0.25, 0.3) is 0 Å². The molecule has 2 N–H and O–H groups in total. The van der Waals surface area contributed by atoms with E-state index in [9.17, 15) is 9.59 Å². The van der Waals surface area contributed by atoms with Gasteiger partial charge in [-0.1, -0.05) is 62.4 Å². The predicted octanol–water partition coefficient (Wildman–Crippen LogP) is 4.44. The van der Waals surface area contributed by atoms with Crippen molar-refractivity contribution in [1.29, 1.82) is 0 Å². The fraction of sp³-hybridized carbons (Fsp3) is 0.391. The van der Waals surface area contributed by atoms with E-state index in [2.05, 4.69) is 24.5 Å². The van der Waals surface area contributed by atoms with Crippen LogP contribution in [0, 0.1) is 11.8 Å². The number of hydrogen-bond donors (Lipinski definition) is 2. The molecule has 0 aliphatic carbocycles. The second-order valence-corrected chi connectivity index (χ2v) is 7.72. The number of likely N-dealkylation sites (tertiary alicyclic amines) is 1. The minimum Gasteiger partial charge on any atom is -0.349 e. The summed E-state index contributed by atoms with van der Waals surface area (Å²) in [5.74, 6) is 0.132. The van der Waals surface area contributed by atoms with Crippen molar-refractivity contribution in [2.75, 3.05) is 18.4 Å². The molecule has 5 heteroatoms. The highest BCUT2D eigenvalue weighted by molar-refractivity contribution is 5.90. The van der Waals surface area contributed by atoms with Gasteiger partial charge in [-0.15, -0.1) is 0 Å². The molecule has 2 unspecified atom stereocenters. The molecule has 2 aromatic rings. The van der Waals surface area contributed by atoms with E-state index in [4.69, 9.17) is 0 Å². The lowest BCUT2D eigenvalue weighted by molar-refractivity contribution is -0.127. The fourth-order valence-corrected chi connectivity index (χ4v) is 3.67. The van der Waals surface area contributed by atoms with Gasteiger partial charge in [0, 0.05) is 18.8 Å². The second-order valence-electron chi connectivity index (χ2n) is 7.72. The van der Waals surface area contributed by atoms with E-state index in [0.717, 1.165) is 24.1 Å². The van der Waals surface area contributed by atoms with Crippen LogP contribution in [0.25, 0.3) is 0 Å². The van der Waals surface area contributed by atoms with Gasteiger partial charge < -0.3 is 15.5 Å². The first-order valence-corrected chi connectivity index (χ1v) is 10.0. The monoisotopic (exact) mass is 379 g/mol. The van der Waals surface area contributed by atoms with Gasteiger partial charge in [0.05, 0.1) is 12.0 Å². The van der Waals surface area contributed by atoms with E-state index >= 15 is 0 Å². The Hall–Kier alpha value is -2.82. The number of urea groups is 1. The Morgan fingerprint density at radius 1 is 1.00 bits per heavy atom. The van der Waals surface area contributed by atoms with Crippen molar-refractivity contribution >= 4 is 17.6 Å². The van der Waals surface area contributed by atoms with Gasteiger partial charge in [-0.25, -0.2) is 4.79 Å². The number of piperidine rings is 1. The van der Waals surface area contributed by atoms with Crippen molar-refractivity contribution in [1.82, 2.24) is 10.2 Å². The first kappa shape index (κ1) is 19.9. The Bertz CT molecular complexity index is 777. The number of carbonyl (C=O) groups excluding carboxylic acids is 2. The van der Waals surface area contributed by atoms with Crippen LogP contribution in [0.5, 0.6) is 0 Å². The Kier molecular flexibility index (Phi) is 6.69. The molecular formula is C23H29N3O2. The predicted molar refractivity (Wildman–Crippen MR) is 112 cm³/mol. The van der Waals surface area contributed by atoms with Crippen molar-refractivity contribution in [3.63, 3.8) is 0 Å². The van der Waals surface area contributed by atoms with E-state index in [1.165, 1.54) is 0 Å². The summed E-state index contributed by atoms with van der Waals surface area (Å²) in [6, 6.07) is 19.3. The van der Waals surface area contributed by atoms with Gasteiger partial charge in [-0.2, -0.15) is 0 Å². The first-order valence-electron chi connectivity index (χ1n) is 10.0. The van der Waals surface area contributed by atoms with E-state index in [0.29, 0.717) is 13.1 Å². The number of benzene rings is 2. The lowest BCUT2D eigenvalue weighted by Crippen LogP contribution is -2.47. The van der Waals surface area contributed by atoms with Crippen molar-refractivity contribution < 1.29 is 9.59 Å². The van der Waals surface area contributed by atoms with Crippen molar-refractivity contribution in [3.8, 4) is 0 Å². The summed E-state index contributed by atoms with van der Waals surface area (Å²) in [6.45, 7) is 5.34. The maximum atomic E-state index is 12.9. The van der Waals surface area contributed by atoms with Gasteiger partial charge >= 0.3 is 6.03 Å². The summed E-state index contributed by atoms with van der Waals surface area (Å²) in [5, 5.41) is 6.13. The minimum atomic E-state index is -0.180. The number of hydrogen-bond acceptors (Lipinski definition) is 2. The maximum absolute atomic E-state index is 12.9. The largest absolute Gasteiger partial charge is 0.349 e. The Balaban J connectivity index is 1.61. The van der Waals surface area contributed by atoms with Crippen LogP contribution in [0.2, 0.25) is 0 Å². The number of rotatable bonds is 5. The van der Waals surface area contributed by atoms with Crippen molar-refractivity contribution in [3.05, 3.63) is 66.2 Å². The Morgan fingerprint density at radius 2 is 1.64 bits per heavy atom. The number of amides is 3. The highest BCUT2D eigenvalue weighted by Gasteiger charge is 2.30. The van der Waals surface area contributed by atoms with E-state index < -0.39 is 0 Å². The fourth-order valence-electron chi connectivity index (χ4n) is 3.67. The average Bonchev–Trinajstić information content (AvgIpc) is 2.73. The lowest BCUT2D eigenvalue weighted by atomic mass is 9.93. The van der Waals surface area contributed by atoms with Crippen LogP contribution in [0.4, 0.5) is 10.5 Å². The van der Waals surface area contributed by atoms with E-state index in [-0.39, 0.29) is 29.8 Å². The molecule has 2 atom stereocenters. The molecule has 0 saturated carbocycles. The molecule has 5 nitrogen and oxygen atoms in total. The van der Waals surface area contributed by atoms with Crippen LogP contribution in [0.15, 0.2) is 60.7 Å². The summed E-state index contributed by atoms with van der Waals surface area (Å²) >= 11 is 0. The smallest absolute Gasteiger partial charge is 0.321 e. The molecule has 3 amide bonds. The minimum absolute atomic E-state index is 0.0257. The van der Waals surface area contributed by atoms with E-state index in [1.807, 2.05) is 60.7 Å².